The van der Waals surface area contributed by atoms with Crippen LogP contribution in [-0.2, 0) is 20.9 Å². The number of rotatable bonds is 6. The smallest absolute Gasteiger partial charge is 0.311 e. The van der Waals surface area contributed by atoms with Gasteiger partial charge in [0.25, 0.3) is 5.91 Å². The maximum absolute atomic E-state index is 13.5. The highest BCUT2D eigenvalue weighted by Gasteiger charge is 2.56. The Bertz CT molecular complexity index is 1280. The Labute approximate surface area is 201 Å². The fourth-order valence-electron chi connectivity index (χ4n) is 5.29. The molecule has 10 heteroatoms. The van der Waals surface area contributed by atoms with Gasteiger partial charge in [-0.1, -0.05) is 12.1 Å². The van der Waals surface area contributed by atoms with Crippen molar-refractivity contribution in [2.45, 2.75) is 45.1 Å². The molecule has 0 spiro atoms. The van der Waals surface area contributed by atoms with Crippen LogP contribution in [0.25, 0.3) is 5.65 Å². The van der Waals surface area contributed by atoms with E-state index in [-0.39, 0.29) is 29.9 Å². The Morgan fingerprint density at radius 2 is 1.69 bits per heavy atom. The number of ether oxygens (including phenoxy) is 1. The van der Waals surface area contributed by atoms with E-state index in [1.54, 1.807) is 24.4 Å². The van der Waals surface area contributed by atoms with Crippen molar-refractivity contribution >= 4 is 29.2 Å². The van der Waals surface area contributed by atoms with Crippen LogP contribution in [0.1, 0.15) is 54.6 Å². The summed E-state index contributed by atoms with van der Waals surface area (Å²) in [6.45, 7) is 0.206. The Balaban J connectivity index is 1.33. The summed E-state index contributed by atoms with van der Waals surface area (Å²) < 4.78 is 19.6. The zero-order valence-corrected chi connectivity index (χ0v) is 19.3. The van der Waals surface area contributed by atoms with Gasteiger partial charge in [0.05, 0.1) is 18.7 Å². The first-order valence-electron chi connectivity index (χ1n) is 11.6. The van der Waals surface area contributed by atoms with Crippen molar-refractivity contribution in [2.75, 3.05) is 12.4 Å². The molecule has 2 amide bonds. The van der Waals surface area contributed by atoms with Crippen molar-refractivity contribution in [3.8, 4) is 0 Å². The van der Waals surface area contributed by atoms with E-state index in [1.165, 1.54) is 29.8 Å². The van der Waals surface area contributed by atoms with E-state index in [0.29, 0.717) is 50.0 Å². The van der Waals surface area contributed by atoms with Crippen molar-refractivity contribution < 1.29 is 23.5 Å². The number of benzene rings is 1. The van der Waals surface area contributed by atoms with Crippen LogP contribution in [0, 0.1) is 16.6 Å². The number of carbonyl (C=O) groups excluding carboxylic acids is 3. The minimum absolute atomic E-state index is 0.130. The number of fused-ring (bicyclic) bond motifs is 4. The molecule has 35 heavy (non-hydrogen) atoms. The van der Waals surface area contributed by atoms with E-state index in [0.717, 1.165) is 5.56 Å². The van der Waals surface area contributed by atoms with Crippen LogP contribution in [0.4, 0.5) is 10.2 Å². The molecule has 1 aromatic carbocycles. The first-order valence-corrected chi connectivity index (χ1v) is 11.6. The summed E-state index contributed by atoms with van der Waals surface area (Å²) in [6.07, 6.45) is 5.22. The molecular weight excluding hydrogens is 453 g/mol. The van der Waals surface area contributed by atoms with Crippen LogP contribution in [0.2, 0.25) is 0 Å². The second kappa shape index (κ2) is 8.75. The number of anilines is 1. The summed E-state index contributed by atoms with van der Waals surface area (Å²) in [5, 5.41) is 9.98. The van der Waals surface area contributed by atoms with Gasteiger partial charge >= 0.3 is 5.97 Å². The molecule has 3 aliphatic carbocycles. The normalized spacial score (nSPS) is 23.1. The van der Waals surface area contributed by atoms with Crippen LogP contribution in [0.3, 0.4) is 0 Å². The molecule has 0 atom stereocenters. The Hall–Kier alpha value is -3.82. The number of methoxy groups -OCH3 is 1. The minimum Gasteiger partial charge on any atom is -0.469 e. The first kappa shape index (κ1) is 22.9. The maximum atomic E-state index is 13.5. The Kier molecular flexibility index (Phi) is 5.74. The fraction of sp³-hybridized carbons (Fsp3) is 0.400. The van der Waals surface area contributed by atoms with E-state index in [2.05, 4.69) is 20.7 Å². The van der Waals surface area contributed by atoms with Gasteiger partial charge in [0.2, 0.25) is 5.91 Å². The van der Waals surface area contributed by atoms with Crippen LogP contribution < -0.4 is 10.6 Å². The van der Waals surface area contributed by atoms with Crippen LogP contribution >= 0.6 is 0 Å². The largest absolute Gasteiger partial charge is 0.469 e. The second-order valence-corrected chi connectivity index (χ2v) is 9.44. The van der Waals surface area contributed by atoms with E-state index < -0.39 is 16.7 Å². The number of carbonyl (C=O) groups is 3. The van der Waals surface area contributed by atoms with Gasteiger partial charge in [-0.15, -0.1) is 0 Å². The lowest BCUT2D eigenvalue weighted by Gasteiger charge is -2.50. The number of hydrogen-bond donors (Lipinski definition) is 2. The maximum Gasteiger partial charge on any atom is 0.311 e. The third-order valence-electron chi connectivity index (χ3n) is 7.55. The SMILES string of the molecule is COC(=O)C12CCC(C(=O)Nc3cc(C(=O)NCc4ccc(F)cc4)nc4ccnn34)(CC1)CC2. The zero-order valence-electron chi connectivity index (χ0n) is 19.3. The molecule has 182 valence electrons. The molecule has 9 nitrogen and oxygen atoms in total. The minimum atomic E-state index is -0.566. The predicted octanol–water partition coefficient (Wildman–Crippen LogP) is 3.25. The van der Waals surface area contributed by atoms with Gasteiger partial charge in [-0.05, 0) is 56.2 Å². The summed E-state index contributed by atoms with van der Waals surface area (Å²) in [6, 6.07) is 9.00. The van der Waals surface area contributed by atoms with Crippen LogP contribution in [-0.4, -0.2) is 39.5 Å². The van der Waals surface area contributed by atoms with Gasteiger partial charge in [0, 0.05) is 24.1 Å². The van der Waals surface area contributed by atoms with Gasteiger partial charge in [0.1, 0.15) is 17.3 Å². The number of halogens is 1. The highest BCUT2D eigenvalue weighted by Crippen LogP contribution is 2.57. The van der Waals surface area contributed by atoms with Crippen molar-refractivity contribution in [1.29, 1.82) is 0 Å². The quantitative estimate of drug-likeness (QED) is 0.525. The molecular formula is C25H26FN5O4. The van der Waals surface area contributed by atoms with Crippen molar-refractivity contribution in [3.63, 3.8) is 0 Å². The molecule has 3 aliphatic rings. The molecule has 3 aromatic rings. The summed E-state index contributed by atoms with van der Waals surface area (Å²) in [5.74, 6) is -0.752. The number of nitrogens with zero attached hydrogens (tertiary/aromatic N) is 3. The molecule has 0 aliphatic heterocycles. The van der Waals surface area contributed by atoms with Gasteiger partial charge in [-0.3, -0.25) is 14.4 Å². The molecule has 6 rings (SSSR count). The standard InChI is InChI=1S/C25H26FN5O4/c1-35-23(34)25-10-7-24(8-11-25,9-12-25)22(33)30-20-14-18(29-19-6-13-28-31(19)20)21(32)27-15-16-2-4-17(26)5-3-16/h2-6,13-14H,7-12,15H2,1H3,(H,27,32)(H,30,33). The fourth-order valence-corrected chi connectivity index (χ4v) is 5.29. The topological polar surface area (TPSA) is 115 Å². The molecule has 0 saturated heterocycles. The lowest BCUT2D eigenvalue weighted by atomic mass is 9.53. The second-order valence-electron chi connectivity index (χ2n) is 9.44. The predicted molar refractivity (Wildman–Crippen MR) is 124 cm³/mol. The van der Waals surface area contributed by atoms with Crippen molar-refractivity contribution in [3.05, 3.63) is 59.7 Å². The molecule has 2 N–H and O–H groups in total. The van der Waals surface area contributed by atoms with Gasteiger partial charge in [-0.2, -0.15) is 9.61 Å². The van der Waals surface area contributed by atoms with E-state index in [9.17, 15) is 18.8 Å². The van der Waals surface area contributed by atoms with Crippen LogP contribution in [0.15, 0.2) is 42.6 Å². The Morgan fingerprint density at radius 1 is 1.03 bits per heavy atom. The number of nitrogens with one attached hydrogen (secondary N) is 2. The van der Waals surface area contributed by atoms with Gasteiger partial charge in [0.15, 0.2) is 5.65 Å². The highest BCUT2D eigenvalue weighted by molar-refractivity contribution is 5.98. The summed E-state index contributed by atoms with van der Waals surface area (Å²) >= 11 is 0. The average Bonchev–Trinajstić information content (AvgIpc) is 3.38. The molecule has 0 unspecified atom stereocenters. The Morgan fingerprint density at radius 3 is 2.34 bits per heavy atom. The highest BCUT2D eigenvalue weighted by atomic mass is 19.1. The molecule has 3 fully saturated rings. The van der Waals surface area contributed by atoms with Crippen LogP contribution in [0.5, 0.6) is 0 Å². The van der Waals surface area contributed by atoms with Crippen molar-refractivity contribution in [1.82, 2.24) is 19.9 Å². The summed E-state index contributed by atoms with van der Waals surface area (Å²) in [7, 11) is 1.41. The molecule has 2 heterocycles. The number of esters is 1. The molecule has 2 aromatic heterocycles. The van der Waals surface area contributed by atoms with E-state index >= 15 is 0 Å². The summed E-state index contributed by atoms with van der Waals surface area (Å²) in [4.78, 5) is 42.9. The number of amides is 2. The van der Waals surface area contributed by atoms with Crippen molar-refractivity contribution in [2.24, 2.45) is 10.8 Å². The molecule has 2 bridgehead atoms. The lowest BCUT2D eigenvalue weighted by molar-refractivity contribution is -0.165. The first-order chi connectivity index (χ1) is 16.8. The molecule has 3 saturated carbocycles. The summed E-state index contributed by atoms with van der Waals surface area (Å²) in [5.41, 5.74) is 0.256. The van der Waals surface area contributed by atoms with Gasteiger partial charge in [-0.25, -0.2) is 9.37 Å². The zero-order chi connectivity index (χ0) is 24.6. The van der Waals surface area contributed by atoms with E-state index in [4.69, 9.17) is 4.74 Å². The molecule has 0 radical (unpaired) electrons. The number of aromatic nitrogens is 3. The average molecular weight is 480 g/mol. The van der Waals surface area contributed by atoms with Gasteiger partial charge < -0.3 is 15.4 Å². The third kappa shape index (κ3) is 4.13. The third-order valence-corrected chi connectivity index (χ3v) is 7.55. The van der Waals surface area contributed by atoms with E-state index in [1.807, 2.05) is 0 Å². The number of hydrogen-bond acceptors (Lipinski definition) is 6. The lowest BCUT2D eigenvalue weighted by Crippen LogP contribution is -2.51. The monoisotopic (exact) mass is 479 g/mol.